The first kappa shape index (κ1) is 24.5. The van der Waals surface area contributed by atoms with Gasteiger partial charge in [0.05, 0.1) is 10.7 Å². The van der Waals surface area contributed by atoms with E-state index in [1.165, 1.54) is 27.8 Å². The molecule has 0 saturated carbocycles. The Hall–Kier alpha value is -1.21. The minimum Gasteiger partial charge on any atom is -0.342 e. The summed E-state index contributed by atoms with van der Waals surface area (Å²) in [7, 11) is 2.17. The Morgan fingerprint density at radius 2 is 1.82 bits per heavy atom. The molecular weight excluding hydrogens is 578 g/mol. The third kappa shape index (κ3) is 5.02. The maximum atomic E-state index is 13.1. The largest absolute Gasteiger partial charge is 0.342 e. The molecule has 2 saturated heterocycles. The normalized spacial score (nSPS) is 19.6. The van der Waals surface area contributed by atoms with E-state index in [-0.39, 0.29) is 0 Å². The van der Waals surface area contributed by atoms with Crippen LogP contribution in [0, 0.1) is 5.92 Å². The number of piperidine rings is 2. The number of likely N-dealkylation sites (tertiary alicyclic amines) is 2. The SMILES string of the molecule is CN1CCC(CC(=O)N2CCC(=C3c4ccc(Cl)c(Br)c4CCc4cc(Br)cnc43)CC2)CC1. The maximum absolute atomic E-state index is 13.1. The lowest BCUT2D eigenvalue weighted by Crippen LogP contribution is -2.39. The molecule has 0 N–H and O–H groups in total. The Morgan fingerprint density at radius 1 is 1.09 bits per heavy atom. The van der Waals surface area contributed by atoms with Gasteiger partial charge in [0, 0.05) is 40.2 Å². The number of nitrogens with zero attached hydrogens (tertiary/aromatic N) is 3. The monoisotopic (exact) mass is 605 g/mol. The van der Waals surface area contributed by atoms with Gasteiger partial charge < -0.3 is 9.80 Å². The van der Waals surface area contributed by atoms with Crippen LogP contribution in [0.4, 0.5) is 0 Å². The van der Waals surface area contributed by atoms with Crippen LogP contribution < -0.4 is 0 Å². The second-order valence-electron chi connectivity index (χ2n) is 9.86. The fourth-order valence-corrected chi connectivity index (χ4v) is 6.73. The molecule has 0 atom stereocenters. The predicted molar refractivity (Wildman–Crippen MR) is 145 cm³/mol. The Morgan fingerprint density at radius 3 is 2.56 bits per heavy atom. The lowest BCUT2D eigenvalue weighted by molar-refractivity contribution is -0.133. The number of hydrogen-bond donors (Lipinski definition) is 0. The fraction of sp³-hybridized carbons (Fsp3) is 0.481. The molecule has 3 heterocycles. The van der Waals surface area contributed by atoms with Gasteiger partial charge in [0.2, 0.25) is 5.91 Å². The van der Waals surface area contributed by atoms with Gasteiger partial charge >= 0.3 is 0 Å². The Labute approximate surface area is 224 Å². The number of halogens is 3. The zero-order chi connectivity index (χ0) is 23.8. The molecule has 1 aromatic carbocycles. The molecule has 2 aromatic rings. The molecular formula is C27H30Br2ClN3O. The van der Waals surface area contributed by atoms with Crippen LogP contribution in [0.2, 0.25) is 5.02 Å². The standard InChI is InChI=1S/C27H30Br2ClN3O/c1-32-10-6-17(7-11-32)14-24(34)33-12-8-18(9-13-33)25-21-4-5-23(30)26(29)22(21)3-2-19-15-20(28)16-31-27(19)25/h4-5,15-17H,2-3,6-14H2,1H3. The van der Waals surface area contributed by atoms with E-state index in [0.29, 0.717) is 18.2 Å². The number of aryl methyl sites for hydroxylation is 1. The molecule has 180 valence electrons. The summed E-state index contributed by atoms with van der Waals surface area (Å²) in [5.74, 6) is 0.866. The molecule has 1 aromatic heterocycles. The fourth-order valence-electron chi connectivity index (χ4n) is 5.63. The van der Waals surface area contributed by atoms with Crippen LogP contribution in [0.15, 0.2) is 38.9 Å². The van der Waals surface area contributed by atoms with Crippen molar-refractivity contribution >= 4 is 54.9 Å². The summed E-state index contributed by atoms with van der Waals surface area (Å²) in [6.07, 6.45) is 8.50. The lowest BCUT2D eigenvalue weighted by atomic mass is 9.88. The number of hydrogen-bond acceptors (Lipinski definition) is 3. The molecule has 0 spiro atoms. The van der Waals surface area contributed by atoms with Gasteiger partial charge in [0.25, 0.3) is 0 Å². The van der Waals surface area contributed by atoms with Crippen molar-refractivity contribution in [2.24, 2.45) is 5.92 Å². The second-order valence-corrected chi connectivity index (χ2v) is 12.0. The lowest BCUT2D eigenvalue weighted by Gasteiger charge is -2.33. The Kier molecular flexibility index (Phi) is 7.50. The van der Waals surface area contributed by atoms with Crippen molar-refractivity contribution in [2.75, 3.05) is 33.2 Å². The zero-order valence-corrected chi connectivity index (χ0v) is 23.5. The van der Waals surface area contributed by atoms with Crippen LogP contribution in [-0.4, -0.2) is 53.9 Å². The van der Waals surface area contributed by atoms with E-state index in [0.717, 1.165) is 84.4 Å². The topological polar surface area (TPSA) is 36.4 Å². The third-order valence-electron chi connectivity index (χ3n) is 7.65. The molecule has 0 radical (unpaired) electrons. The van der Waals surface area contributed by atoms with Crippen molar-refractivity contribution in [2.45, 2.75) is 44.9 Å². The van der Waals surface area contributed by atoms with E-state index in [1.807, 2.05) is 12.3 Å². The van der Waals surface area contributed by atoms with Crippen LogP contribution in [0.25, 0.3) is 5.57 Å². The Bertz CT molecular complexity index is 1130. The second kappa shape index (κ2) is 10.4. The highest BCUT2D eigenvalue weighted by Crippen LogP contribution is 2.42. The van der Waals surface area contributed by atoms with Gasteiger partial charge in [-0.15, -0.1) is 0 Å². The quantitative estimate of drug-likeness (QED) is 0.391. The molecule has 34 heavy (non-hydrogen) atoms. The zero-order valence-electron chi connectivity index (χ0n) is 19.5. The van der Waals surface area contributed by atoms with E-state index >= 15 is 0 Å². The highest BCUT2D eigenvalue weighted by atomic mass is 79.9. The van der Waals surface area contributed by atoms with Crippen molar-refractivity contribution < 1.29 is 4.79 Å². The molecule has 1 aliphatic carbocycles. The molecule has 2 aliphatic heterocycles. The summed E-state index contributed by atoms with van der Waals surface area (Å²) < 4.78 is 2.00. The molecule has 0 unspecified atom stereocenters. The average Bonchev–Trinajstić information content (AvgIpc) is 3.00. The molecule has 3 aliphatic rings. The number of amides is 1. The smallest absolute Gasteiger partial charge is 0.222 e. The molecule has 4 nitrogen and oxygen atoms in total. The minimum atomic E-state index is 0.330. The molecule has 0 bridgehead atoms. The number of rotatable bonds is 2. The number of pyridine rings is 1. The van der Waals surface area contributed by atoms with Gasteiger partial charge in [-0.3, -0.25) is 9.78 Å². The van der Waals surface area contributed by atoms with E-state index in [9.17, 15) is 4.79 Å². The first-order valence-electron chi connectivity index (χ1n) is 12.2. The van der Waals surface area contributed by atoms with Crippen molar-refractivity contribution in [3.8, 4) is 0 Å². The molecule has 7 heteroatoms. The van der Waals surface area contributed by atoms with Crippen molar-refractivity contribution in [1.82, 2.24) is 14.8 Å². The van der Waals surface area contributed by atoms with E-state index < -0.39 is 0 Å². The van der Waals surface area contributed by atoms with Gasteiger partial charge in [-0.25, -0.2) is 0 Å². The maximum Gasteiger partial charge on any atom is 0.222 e. The van der Waals surface area contributed by atoms with Crippen LogP contribution in [0.3, 0.4) is 0 Å². The van der Waals surface area contributed by atoms with Gasteiger partial charge in [-0.05, 0) is 125 Å². The van der Waals surface area contributed by atoms with Gasteiger partial charge in [0.1, 0.15) is 0 Å². The minimum absolute atomic E-state index is 0.330. The molecule has 1 amide bonds. The van der Waals surface area contributed by atoms with E-state index in [4.69, 9.17) is 16.6 Å². The number of carbonyl (C=O) groups excluding carboxylic acids is 1. The highest BCUT2D eigenvalue weighted by Gasteiger charge is 2.29. The average molecular weight is 608 g/mol. The van der Waals surface area contributed by atoms with E-state index in [2.05, 4.69) is 60.8 Å². The number of benzene rings is 1. The van der Waals surface area contributed by atoms with Gasteiger partial charge in [-0.2, -0.15) is 0 Å². The van der Waals surface area contributed by atoms with E-state index in [1.54, 1.807) is 0 Å². The summed E-state index contributed by atoms with van der Waals surface area (Å²) in [6, 6.07) is 6.33. The first-order valence-corrected chi connectivity index (χ1v) is 14.2. The van der Waals surface area contributed by atoms with Crippen molar-refractivity contribution in [3.05, 3.63) is 66.3 Å². The summed E-state index contributed by atoms with van der Waals surface area (Å²) in [6.45, 7) is 3.80. The molecule has 2 fully saturated rings. The summed E-state index contributed by atoms with van der Waals surface area (Å²) in [5, 5.41) is 0.748. The van der Waals surface area contributed by atoms with Crippen LogP contribution in [0.1, 0.15) is 54.5 Å². The number of carbonyl (C=O) groups is 1. The highest BCUT2D eigenvalue weighted by molar-refractivity contribution is 9.10. The van der Waals surface area contributed by atoms with Gasteiger partial charge in [0.15, 0.2) is 0 Å². The molecule has 5 rings (SSSR count). The van der Waals surface area contributed by atoms with Crippen molar-refractivity contribution in [3.63, 3.8) is 0 Å². The third-order valence-corrected chi connectivity index (χ3v) is 9.54. The summed E-state index contributed by atoms with van der Waals surface area (Å²) in [5.41, 5.74) is 7.47. The summed E-state index contributed by atoms with van der Waals surface area (Å²) in [4.78, 5) is 22.4. The summed E-state index contributed by atoms with van der Waals surface area (Å²) >= 11 is 13.8. The number of fused-ring (bicyclic) bond motifs is 2. The Balaban J connectivity index is 1.42. The van der Waals surface area contributed by atoms with Crippen LogP contribution in [-0.2, 0) is 17.6 Å². The van der Waals surface area contributed by atoms with Gasteiger partial charge in [-0.1, -0.05) is 23.2 Å². The van der Waals surface area contributed by atoms with Crippen molar-refractivity contribution in [1.29, 1.82) is 0 Å². The van der Waals surface area contributed by atoms with Crippen LogP contribution in [0.5, 0.6) is 0 Å². The first-order chi connectivity index (χ1) is 16.4. The number of aromatic nitrogens is 1. The van der Waals surface area contributed by atoms with Crippen LogP contribution >= 0.6 is 43.5 Å². The predicted octanol–water partition coefficient (Wildman–Crippen LogP) is 6.51.